The van der Waals surface area contributed by atoms with Gasteiger partial charge in [0.1, 0.15) is 11.3 Å². The number of H-pyrrole nitrogens is 1. The molecule has 1 aromatic carbocycles. The van der Waals surface area contributed by atoms with Crippen LogP contribution < -0.4 is 10.9 Å². The van der Waals surface area contributed by atoms with Crippen molar-refractivity contribution in [2.24, 2.45) is 0 Å². The Morgan fingerprint density at radius 2 is 1.96 bits per heavy atom. The fourth-order valence-corrected chi connectivity index (χ4v) is 3.18. The molecule has 0 aliphatic carbocycles. The molecular formula is C16H15ClN4O3S. The molecule has 25 heavy (non-hydrogen) atoms. The zero-order valence-corrected chi connectivity index (χ0v) is 15.3. The smallest absolute Gasteiger partial charge is 0.413 e. The van der Waals surface area contributed by atoms with Crippen molar-refractivity contribution in [2.75, 3.05) is 5.32 Å². The van der Waals surface area contributed by atoms with Gasteiger partial charge in [0.05, 0.1) is 4.70 Å². The van der Waals surface area contributed by atoms with Gasteiger partial charge in [-0.15, -0.1) is 0 Å². The van der Waals surface area contributed by atoms with Gasteiger partial charge < -0.3 is 4.74 Å². The number of nitrogens with zero attached hydrogens (tertiary/aromatic N) is 2. The lowest BCUT2D eigenvalue weighted by Crippen LogP contribution is -2.27. The number of anilines is 1. The number of hydrogen-bond acceptors (Lipinski definition) is 6. The predicted octanol–water partition coefficient (Wildman–Crippen LogP) is 4.05. The van der Waals surface area contributed by atoms with Crippen LogP contribution in [0.1, 0.15) is 20.8 Å². The third kappa shape index (κ3) is 3.97. The Hall–Kier alpha value is -2.45. The van der Waals surface area contributed by atoms with E-state index in [0.29, 0.717) is 15.4 Å². The first-order valence-electron chi connectivity index (χ1n) is 7.38. The minimum atomic E-state index is -0.635. The lowest BCUT2D eigenvalue weighted by molar-refractivity contribution is 0.0636. The van der Waals surface area contributed by atoms with Gasteiger partial charge in [0, 0.05) is 10.6 Å². The monoisotopic (exact) mass is 378 g/mol. The Balaban J connectivity index is 2.00. The number of hydrogen-bond donors (Lipinski definition) is 2. The zero-order chi connectivity index (χ0) is 18.2. The number of amides is 1. The molecule has 0 unspecified atom stereocenters. The number of carbonyl (C=O) groups excluding carboxylic acids is 1. The van der Waals surface area contributed by atoms with Crippen molar-refractivity contribution < 1.29 is 9.53 Å². The molecule has 0 bridgehead atoms. The molecule has 0 saturated carbocycles. The maximum atomic E-state index is 12.0. The van der Waals surface area contributed by atoms with Gasteiger partial charge in [-0.1, -0.05) is 35.1 Å². The lowest BCUT2D eigenvalue weighted by atomic mass is 10.1. The molecule has 9 heteroatoms. The highest BCUT2D eigenvalue weighted by molar-refractivity contribution is 7.22. The van der Waals surface area contributed by atoms with Crippen molar-refractivity contribution in [3.05, 3.63) is 39.6 Å². The van der Waals surface area contributed by atoms with Crippen LogP contribution >= 0.6 is 22.9 Å². The van der Waals surface area contributed by atoms with E-state index in [2.05, 4.69) is 20.5 Å². The SMILES string of the molecule is CC(C)(C)OC(=O)Nc1nc2c(=O)[nH]nc(-c3ccc(Cl)cc3)c2s1. The van der Waals surface area contributed by atoms with E-state index in [-0.39, 0.29) is 10.6 Å². The van der Waals surface area contributed by atoms with Gasteiger partial charge in [0.25, 0.3) is 5.56 Å². The summed E-state index contributed by atoms with van der Waals surface area (Å²) in [5, 5.41) is 9.93. The summed E-state index contributed by atoms with van der Waals surface area (Å²) in [5.41, 5.74) is 0.477. The Bertz CT molecular complexity index is 989. The lowest BCUT2D eigenvalue weighted by Gasteiger charge is -2.18. The molecule has 2 aromatic heterocycles. The molecular weight excluding hydrogens is 364 g/mol. The summed E-state index contributed by atoms with van der Waals surface area (Å²) in [6.45, 7) is 5.29. The second-order valence-corrected chi connectivity index (χ2v) is 7.67. The molecule has 0 radical (unpaired) electrons. The summed E-state index contributed by atoms with van der Waals surface area (Å²) >= 11 is 7.06. The van der Waals surface area contributed by atoms with E-state index in [1.165, 1.54) is 0 Å². The fourth-order valence-electron chi connectivity index (χ4n) is 2.09. The summed E-state index contributed by atoms with van der Waals surface area (Å²) < 4.78 is 5.76. The van der Waals surface area contributed by atoms with Crippen LogP contribution in [-0.2, 0) is 4.74 Å². The second kappa shape index (κ2) is 6.45. The number of aromatic amines is 1. The van der Waals surface area contributed by atoms with Crippen LogP contribution in [-0.4, -0.2) is 26.9 Å². The third-order valence-electron chi connectivity index (χ3n) is 3.05. The van der Waals surface area contributed by atoms with Crippen LogP contribution in [0, 0.1) is 0 Å². The number of fused-ring (bicyclic) bond motifs is 1. The van der Waals surface area contributed by atoms with Crippen LogP contribution in [0.4, 0.5) is 9.93 Å². The Labute approximate surface area is 152 Å². The molecule has 1 amide bonds. The summed E-state index contributed by atoms with van der Waals surface area (Å²) in [4.78, 5) is 28.1. The van der Waals surface area contributed by atoms with Gasteiger partial charge in [0.15, 0.2) is 10.6 Å². The highest BCUT2D eigenvalue weighted by atomic mass is 35.5. The molecule has 0 aliphatic heterocycles. The minimum Gasteiger partial charge on any atom is -0.444 e. The molecule has 3 rings (SSSR count). The average molecular weight is 379 g/mol. The van der Waals surface area contributed by atoms with E-state index in [9.17, 15) is 9.59 Å². The van der Waals surface area contributed by atoms with Crippen molar-refractivity contribution >= 4 is 44.4 Å². The van der Waals surface area contributed by atoms with Gasteiger partial charge in [-0.3, -0.25) is 10.1 Å². The number of aromatic nitrogens is 3. The van der Waals surface area contributed by atoms with Crippen molar-refractivity contribution in [3.63, 3.8) is 0 Å². The first kappa shape index (κ1) is 17.4. The highest BCUT2D eigenvalue weighted by Gasteiger charge is 2.19. The summed E-state index contributed by atoms with van der Waals surface area (Å²) in [7, 11) is 0. The molecule has 0 aliphatic rings. The topological polar surface area (TPSA) is 97.0 Å². The fraction of sp³-hybridized carbons (Fsp3) is 0.250. The number of thiazole rings is 1. The van der Waals surface area contributed by atoms with Crippen molar-refractivity contribution in [1.29, 1.82) is 0 Å². The van der Waals surface area contributed by atoms with Gasteiger partial charge in [-0.25, -0.2) is 14.9 Å². The minimum absolute atomic E-state index is 0.205. The van der Waals surface area contributed by atoms with E-state index in [4.69, 9.17) is 16.3 Å². The Kier molecular flexibility index (Phi) is 4.49. The molecule has 0 fully saturated rings. The number of halogens is 1. The summed E-state index contributed by atoms with van der Waals surface area (Å²) in [6, 6.07) is 7.05. The largest absolute Gasteiger partial charge is 0.444 e. The van der Waals surface area contributed by atoms with E-state index >= 15 is 0 Å². The van der Waals surface area contributed by atoms with Gasteiger partial charge >= 0.3 is 6.09 Å². The number of carbonyl (C=O) groups is 1. The summed E-state index contributed by atoms with van der Waals surface area (Å²) in [6.07, 6.45) is -0.635. The van der Waals surface area contributed by atoms with E-state index in [0.717, 1.165) is 16.9 Å². The molecule has 0 saturated heterocycles. The van der Waals surface area contributed by atoms with Crippen LogP contribution in [0.2, 0.25) is 5.02 Å². The van der Waals surface area contributed by atoms with Gasteiger partial charge in [-0.05, 0) is 32.9 Å². The maximum Gasteiger partial charge on any atom is 0.413 e. The third-order valence-corrected chi connectivity index (χ3v) is 4.28. The molecule has 0 spiro atoms. The molecule has 2 N–H and O–H groups in total. The maximum absolute atomic E-state index is 12.0. The van der Waals surface area contributed by atoms with Crippen LogP contribution in [0.15, 0.2) is 29.1 Å². The summed E-state index contributed by atoms with van der Waals surface area (Å²) in [5.74, 6) is 0. The van der Waals surface area contributed by atoms with Gasteiger partial charge in [0.2, 0.25) is 0 Å². The van der Waals surface area contributed by atoms with Crippen molar-refractivity contribution in [2.45, 2.75) is 26.4 Å². The first-order valence-corrected chi connectivity index (χ1v) is 8.57. The van der Waals surface area contributed by atoms with Crippen LogP contribution in [0.5, 0.6) is 0 Å². The van der Waals surface area contributed by atoms with E-state index in [1.54, 1.807) is 45.0 Å². The Morgan fingerprint density at radius 1 is 1.28 bits per heavy atom. The normalized spacial score (nSPS) is 11.5. The number of ether oxygens (including phenoxy) is 1. The Morgan fingerprint density at radius 3 is 2.60 bits per heavy atom. The van der Waals surface area contributed by atoms with E-state index in [1.807, 2.05) is 0 Å². The van der Waals surface area contributed by atoms with E-state index < -0.39 is 17.3 Å². The molecule has 7 nitrogen and oxygen atoms in total. The quantitative estimate of drug-likeness (QED) is 0.701. The molecule has 3 aromatic rings. The zero-order valence-electron chi connectivity index (χ0n) is 13.7. The van der Waals surface area contributed by atoms with Crippen LogP contribution in [0.25, 0.3) is 21.5 Å². The van der Waals surface area contributed by atoms with Crippen molar-refractivity contribution in [1.82, 2.24) is 15.2 Å². The van der Waals surface area contributed by atoms with Gasteiger partial charge in [-0.2, -0.15) is 5.10 Å². The molecule has 130 valence electrons. The van der Waals surface area contributed by atoms with Crippen LogP contribution in [0.3, 0.4) is 0 Å². The number of benzene rings is 1. The molecule has 2 heterocycles. The average Bonchev–Trinajstić information content (AvgIpc) is 2.91. The highest BCUT2D eigenvalue weighted by Crippen LogP contribution is 2.32. The standard InChI is InChI=1S/C16H15ClN4O3S/c1-16(2,3)24-15(23)19-14-18-11-12(25-14)10(20-21-13(11)22)8-4-6-9(17)7-5-8/h4-7H,1-3H3,(H,21,22)(H,18,19,23). The molecule has 0 atom stereocenters. The first-order chi connectivity index (χ1) is 11.7. The number of rotatable bonds is 2. The second-order valence-electron chi connectivity index (χ2n) is 6.23. The predicted molar refractivity (Wildman–Crippen MR) is 98.3 cm³/mol. The van der Waals surface area contributed by atoms with Crippen molar-refractivity contribution in [3.8, 4) is 11.3 Å². The number of nitrogens with one attached hydrogen (secondary N) is 2.